The highest BCUT2D eigenvalue weighted by atomic mass is 32.2. The minimum Gasteiger partial charge on any atom is -0.352 e. The second-order valence-electron chi connectivity index (χ2n) is 7.24. The summed E-state index contributed by atoms with van der Waals surface area (Å²) in [6, 6.07) is 14.4. The lowest BCUT2D eigenvalue weighted by molar-refractivity contribution is -0.137. The van der Waals surface area contributed by atoms with Crippen LogP contribution in [0.2, 0.25) is 0 Å². The molecule has 1 aliphatic rings. The Kier molecular flexibility index (Phi) is 5.37. The maximum Gasteiger partial charge on any atom is 0.416 e. The van der Waals surface area contributed by atoms with Crippen LogP contribution in [0.25, 0.3) is 0 Å². The number of nitrogens with one attached hydrogen (secondary N) is 1. The van der Waals surface area contributed by atoms with Crippen molar-refractivity contribution >= 4 is 21.5 Å². The smallest absolute Gasteiger partial charge is 0.352 e. The predicted molar refractivity (Wildman–Crippen MR) is 109 cm³/mol. The maximum absolute atomic E-state index is 12.9. The zero-order valence-corrected chi connectivity index (χ0v) is 17.3. The molecule has 9 heteroatoms. The molecule has 0 saturated heterocycles. The molecule has 0 atom stereocenters. The number of amides is 1. The fourth-order valence-corrected chi connectivity index (χ4v) is 5.19. The number of carbonyl (C=O) groups is 2. The van der Waals surface area contributed by atoms with Crippen LogP contribution in [0, 0.1) is 0 Å². The number of halogens is 3. The van der Waals surface area contributed by atoms with Crippen LogP contribution >= 0.6 is 0 Å². The van der Waals surface area contributed by atoms with Gasteiger partial charge >= 0.3 is 6.18 Å². The van der Waals surface area contributed by atoms with Gasteiger partial charge in [-0.25, -0.2) is 8.42 Å². The third-order valence-electron chi connectivity index (χ3n) is 5.18. The van der Waals surface area contributed by atoms with Crippen LogP contribution in [-0.4, -0.2) is 26.7 Å². The van der Waals surface area contributed by atoms with Crippen molar-refractivity contribution in [3.05, 3.63) is 94.5 Å². The van der Waals surface area contributed by atoms with E-state index in [2.05, 4.69) is 5.32 Å². The maximum atomic E-state index is 12.9. The summed E-state index contributed by atoms with van der Waals surface area (Å²) in [5.41, 5.74) is 0.0101. The number of hydrogen-bond acceptors (Lipinski definition) is 4. The van der Waals surface area contributed by atoms with E-state index in [9.17, 15) is 31.2 Å². The van der Waals surface area contributed by atoms with E-state index >= 15 is 0 Å². The standard InChI is InChI=1S/C23H16F3NO4S/c24-23(25,26)16-8-5-14(6-9-16)11-12-27-22(29)15-7-10-18-20(13-15)32(30,31)19-4-2-1-3-17(19)21(18)28/h1-10,13H,11-12H2,(H,27,29). The number of hydrogen-bond donors (Lipinski definition) is 1. The molecule has 1 amide bonds. The van der Waals surface area contributed by atoms with E-state index in [0.29, 0.717) is 12.0 Å². The Morgan fingerprint density at radius 2 is 1.53 bits per heavy atom. The van der Waals surface area contributed by atoms with Crippen molar-refractivity contribution < 1.29 is 31.2 Å². The topological polar surface area (TPSA) is 80.3 Å². The highest BCUT2D eigenvalue weighted by Crippen LogP contribution is 2.34. The molecule has 0 aromatic heterocycles. The molecule has 0 aliphatic carbocycles. The molecular weight excluding hydrogens is 443 g/mol. The van der Waals surface area contributed by atoms with E-state index in [1.54, 1.807) is 6.07 Å². The number of ketones is 1. The summed E-state index contributed by atoms with van der Waals surface area (Å²) in [5.74, 6) is -0.985. The van der Waals surface area contributed by atoms with Gasteiger partial charge in [-0.3, -0.25) is 9.59 Å². The number of benzene rings is 3. The van der Waals surface area contributed by atoms with Crippen molar-refractivity contribution in [3.8, 4) is 0 Å². The van der Waals surface area contributed by atoms with Gasteiger partial charge in [0.2, 0.25) is 9.84 Å². The molecule has 0 saturated carbocycles. The van der Waals surface area contributed by atoms with E-state index < -0.39 is 33.3 Å². The summed E-state index contributed by atoms with van der Waals surface area (Å²) in [6.07, 6.45) is -4.12. The third kappa shape index (κ3) is 3.91. The SMILES string of the molecule is O=C(NCCc1ccc(C(F)(F)F)cc1)c1ccc2c(c1)S(=O)(=O)c1ccccc1C2=O. The molecule has 3 aromatic rings. The molecule has 1 heterocycles. The second kappa shape index (κ2) is 7.90. The molecule has 0 radical (unpaired) electrons. The molecule has 0 bridgehead atoms. The van der Waals surface area contributed by atoms with E-state index in [1.165, 1.54) is 48.5 Å². The Hall–Kier alpha value is -3.46. The minimum absolute atomic E-state index is 0.00463. The van der Waals surface area contributed by atoms with Crippen molar-refractivity contribution in [1.29, 1.82) is 0 Å². The van der Waals surface area contributed by atoms with Crippen LogP contribution < -0.4 is 5.32 Å². The summed E-state index contributed by atoms with van der Waals surface area (Å²) >= 11 is 0. The van der Waals surface area contributed by atoms with E-state index in [0.717, 1.165) is 12.1 Å². The Morgan fingerprint density at radius 1 is 0.875 bits per heavy atom. The molecule has 0 spiro atoms. The molecule has 3 aromatic carbocycles. The molecule has 0 fully saturated rings. The Morgan fingerprint density at radius 3 is 2.22 bits per heavy atom. The highest BCUT2D eigenvalue weighted by Gasteiger charge is 2.35. The fourth-order valence-electron chi connectivity index (χ4n) is 3.51. The molecule has 0 unspecified atom stereocenters. The number of rotatable bonds is 4. The summed E-state index contributed by atoms with van der Waals surface area (Å²) in [4.78, 5) is 24.8. The lowest BCUT2D eigenvalue weighted by atomic mass is 10.0. The summed E-state index contributed by atoms with van der Waals surface area (Å²) in [5, 5.41) is 2.62. The normalized spacial score (nSPS) is 14.4. The number of carbonyl (C=O) groups excluding carboxylic acids is 2. The van der Waals surface area contributed by atoms with Crippen LogP contribution in [0.5, 0.6) is 0 Å². The first-order valence-electron chi connectivity index (χ1n) is 9.56. The fraction of sp³-hybridized carbons (Fsp3) is 0.130. The van der Waals surface area contributed by atoms with Gasteiger partial charge in [0.05, 0.1) is 15.4 Å². The van der Waals surface area contributed by atoms with Gasteiger partial charge in [0.1, 0.15) is 0 Å². The van der Waals surface area contributed by atoms with E-state index in [-0.39, 0.29) is 33.0 Å². The molecule has 5 nitrogen and oxygen atoms in total. The average molecular weight is 459 g/mol. The van der Waals surface area contributed by atoms with Gasteiger partial charge in [-0.2, -0.15) is 13.2 Å². The Bertz CT molecular complexity index is 1330. The van der Waals surface area contributed by atoms with Crippen molar-refractivity contribution in [2.45, 2.75) is 22.4 Å². The van der Waals surface area contributed by atoms with E-state index in [4.69, 9.17) is 0 Å². The van der Waals surface area contributed by atoms with E-state index in [1.807, 2.05) is 0 Å². The van der Waals surface area contributed by atoms with Gasteiger partial charge in [0, 0.05) is 23.2 Å². The number of fused-ring (bicyclic) bond motifs is 2. The second-order valence-corrected chi connectivity index (χ2v) is 9.13. The van der Waals surface area contributed by atoms with Crippen molar-refractivity contribution in [3.63, 3.8) is 0 Å². The molecule has 4 rings (SSSR count). The van der Waals surface area contributed by atoms with Crippen LogP contribution in [0.15, 0.2) is 76.5 Å². The summed E-state index contributed by atoms with van der Waals surface area (Å²) < 4.78 is 63.8. The van der Waals surface area contributed by atoms with Gasteiger partial charge in [-0.05, 0) is 54.4 Å². The average Bonchev–Trinajstić information content (AvgIpc) is 2.77. The minimum atomic E-state index is -4.42. The van der Waals surface area contributed by atoms with Gasteiger partial charge < -0.3 is 5.32 Å². The lowest BCUT2D eigenvalue weighted by Gasteiger charge is -2.19. The van der Waals surface area contributed by atoms with Gasteiger partial charge in [-0.15, -0.1) is 0 Å². The van der Waals surface area contributed by atoms with Crippen molar-refractivity contribution in [2.75, 3.05) is 6.54 Å². The van der Waals surface area contributed by atoms with Gasteiger partial charge in [0.25, 0.3) is 5.91 Å². The molecule has 164 valence electrons. The quantitative estimate of drug-likeness (QED) is 0.499. The monoisotopic (exact) mass is 459 g/mol. The first kappa shape index (κ1) is 21.8. The van der Waals surface area contributed by atoms with Crippen molar-refractivity contribution in [2.24, 2.45) is 0 Å². The Balaban J connectivity index is 1.49. The van der Waals surface area contributed by atoms with Crippen LogP contribution in [0.4, 0.5) is 13.2 Å². The molecular formula is C23H16F3NO4S. The van der Waals surface area contributed by atoms with Crippen LogP contribution in [0.1, 0.15) is 37.4 Å². The summed E-state index contributed by atoms with van der Waals surface area (Å²) in [6.45, 7) is 0.135. The molecule has 1 N–H and O–H groups in total. The van der Waals surface area contributed by atoms with Crippen LogP contribution in [0.3, 0.4) is 0 Å². The zero-order chi connectivity index (χ0) is 23.1. The number of sulfone groups is 1. The lowest BCUT2D eigenvalue weighted by Crippen LogP contribution is -2.27. The molecule has 32 heavy (non-hydrogen) atoms. The van der Waals surface area contributed by atoms with Crippen molar-refractivity contribution in [1.82, 2.24) is 5.32 Å². The first-order valence-corrected chi connectivity index (χ1v) is 11.0. The molecule has 1 aliphatic heterocycles. The first-order chi connectivity index (χ1) is 15.1. The van der Waals surface area contributed by atoms with Gasteiger partial charge in [0.15, 0.2) is 5.78 Å². The number of alkyl halides is 3. The summed E-state index contributed by atoms with van der Waals surface area (Å²) in [7, 11) is -3.96. The predicted octanol–water partition coefficient (Wildman–Crippen LogP) is 4.06. The third-order valence-corrected chi connectivity index (χ3v) is 7.03. The largest absolute Gasteiger partial charge is 0.416 e. The zero-order valence-electron chi connectivity index (χ0n) is 16.4. The van der Waals surface area contributed by atoms with Crippen LogP contribution in [-0.2, 0) is 22.4 Å². The van der Waals surface area contributed by atoms with Gasteiger partial charge in [-0.1, -0.05) is 24.3 Å². The highest BCUT2D eigenvalue weighted by molar-refractivity contribution is 7.91. The Labute approximate surface area is 181 Å².